The van der Waals surface area contributed by atoms with Gasteiger partial charge in [-0.3, -0.25) is 4.98 Å². The van der Waals surface area contributed by atoms with Gasteiger partial charge in [0.05, 0.1) is 16.6 Å². The number of nitrogen functional groups attached to an aromatic ring is 1. The first kappa shape index (κ1) is 27.3. The molecule has 166 valence electrons. The van der Waals surface area contributed by atoms with E-state index < -0.39 is 11.9 Å². The van der Waals surface area contributed by atoms with Gasteiger partial charge in [-0.25, -0.2) is 9.59 Å². The van der Waals surface area contributed by atoms with E-state index in [1.807, 2.05) is 19.1 Å². The van der Waals surface area contributed by atoms with Gasteiger partial charge < -0.3 is 15.9 Å². The number of allylic oxidation sites excluding steroid dienone is 1. The van der Waals surface area contributed by atoms with E-state index >= 15 is 0 Å². The molecule has 0 unspecified atom stereocenters. The smallest absolute Gasteiger partial charge is 0.335 e. The number of hydrogen-bond donors (Lipinski definition) is 3. The summed E-state index contributed by atoms with van der Waals surface area (Å²) in [4.78, 5) is 25.6. The summed E-state index contributed by atoms with van der Waals surface area (Å²) >= 11 is 0. The predicted octanol–water partition coefficient (Wildman–Crippen LogP) is 5.99. The molecular formula is C25H32N2O4. The van der Waals surface area contributed by atoms with Crippen LogP contribution in [-0.4, -0.2) is 27.1 Å². The number of carboxylic acids is 2. The second-order valence-electron chi connectivity index (χ2n) is 6.44. The first-order valence-electron chi connectivity index (χ1n) is 9.56. The Balaban J connectivity index is 0.000000516. The monoisotopic (exact) mass is 424 g/mol. The first-order valence-corrected chi connectivity index (χ1v) is 9.56. The summed E-state index contributed by atoms with van der Waals surface area (Å²) in [6.45, 7) is 9.60. The number of pyridine rings is 1. The fourth-order valence-corrected chi connectivity index (χ4v) is 2.44. The number of fused-ring (bicyclic) bond motifs is 1. The number of hydrogen-bond acceptors (Lipinski definition) is 4. The van der Waals surface area contributed by atoms with Crippen molar-refractivity contribution >= 4 is 28.5 Å². The molecule has 0 aliphatic rings. The van der Waals surface area contributed by atoms with Gasteiger partial charge in [-0.05, 0) is 73.9 Å². The fourth-order valence-electron chi connectivity index (χ4n) is 2.44. The van der Waals surface area contributed by atoms with Gasteiger partial charge in [-0.15, -0.1) is 6.58 Å². The fraction of sp³-hybridized carbons (Fsp3) is 0.240. The molecule has 0 spiro atoms. The quantitative estimate of drug-likeness (QED) is 0.350. The molecule has 0 atom stereocenters. The molecular weight excluding hydrogens is 392 g/mol. The Bertz CT molecular complexity index is 1010. The van der Waals surface area contributed by atoms with Crippen LogP contribution in [0, 0.1) is 6.92 Å². The highest BCUT2D eigenvalue weighted by Gasteiger charge is 2.06. The van der Waals surface area contributed by atoms with Crippen LogP contribution in [0.5, 0.6) is 0 Å². The van der Waals surface area contributed by atoms with Crippen molar-refractivity contribution in [2.24, 2.45) is 0 Å². The highest BCUT2D eigenvalue weighted by Crippen LogP contribution is 2.18. The minimum atomic E-state index is -0.931. The molecule has 0 bridgehead atoms. The molecule has 0 saturated carbocycles. The largest absolute Gasteiger partial charge is 0.478 e. The van der Waals surface area contributed by atoms with Crippen molar-refractivity contribution in [2.45, 2.75) is 41.0 Å². The van der Waals surface area contributed by atoms with Crippen LogP contribution in [0.4, 0.5) is 5.69 Å². The molecule has 0 radical (unpaired) electrons. The molecule has 1 heterocycles. The Morgan fingerprint density at radius 1 is 1.00 bits per heavy atom. The van der Waals surface area contributed by atoms with Gasteiger partial charge in [-0.2, -0.15) is 0 Å². The van der Waals surface area contributed by atoms with E-state index in [1.54, 1.807) is 30.3 Å². The van der Waals surface area contributed by atoms with E-state index in [-0.39, 0.29) is 13.0 Å². The maximum absolute atomic E-state index is 10.8. The number of rotatable bonds is 4. The molecule has 3 aromatic rings. The van der Waals surface area contributed by atoms with Crippen molar-refractivity contribution in [1.29, 1.82) is 0 Å². The van der Waals surface area contributed by atoms with Crippen molar-refractivity contribution in [1.82, 2.24) is 4.98 Å². The molecule has 2 aromatic carbocycles. The summed E-state index contributed by atoms with van der Waals surface area (Å²) in [5.74, 6) is -1.83. The van der Waals surface area contributed by atoms with Crippen molar-refractivity contribution < 1.29 is 19.8 Å². The predicted molar refractivity (Wildman–Crippen MR) is 128 cm³/mol. The van der Waals surface area contributed by atoms with E-state index in [9.17, 15) is 9.59 Å². The highest BCUT2D eigenvalue weighted by molar-refractivity contribution is 5.93. The normalized spacial score (nSPS) is 9.26. The van der Waals surface area contributed by atoms with Crippen molar-refractivity contribution in [3.8, 4) is 0 Å². The number of nitrogens with two attached hydrogens (primary N) is 1. The average Bonchev–Trinajstić information content (AvgIpc) is 2.73. The third-order valence-corrected chi connectivity index (χ3v) is 4.14. The first-order chi connectivity index (χ1) is 14.2. The van der Waals surface area contributed by atoms with Gasteiger partial charge >= 0.3 is 11.9 Å². The lowest BCUT2D eigenvalue weighted by atomic mass is 10.1. The van der Waals surface area contributed by atoms with Crippen LogP contribution in [0.1, 0.15) is 59.7 Å². The van der Waals surface area contributed by atoms with Crippen LogP contribution in [0.25, 0.3) is 10.9 Å². The lowest BCUT2D eigenvalue weighted by molar-refractivity contribution is 0.0686. The molecule has 6 heteroatoms. The van der Waals surface area contributed by atoms with Crippen LogP contribution in [0.15, 0.2) is 61.2 Å². The summed E-state index contributed by atoms with van der Waals surface area (Å²) in [7, 11) is 0. The van der Waals surface area contributed by atoms with Crippen LogP contribution in [0.2, 0.25) is 0 Å². The standard InChI is InChI=1S/C13H13NO2.C7H7NO2.C4H8.CH4/c1-3-11-8(2)6-10-7-9(13(15)16)4-5-12(10)14-11;8-6-3-1-5(2-4-6)7(9)10;1-3-4-2;/h4-7H,3H2,1-2H3,(H,15,16);1-4H,8H2,(H,9,10);3H,1,4H2,2H3;1H4. The second-order valence-corrected chi connectivity index (χ2v) is 6.44. The van der Waals surface area contributed by atoms with Crippen LogP contribution < -0.4 is 5.73 Å². The van der Waals surface area contributed by atoms with Gasteiger partial charge in [0.2, 0.25) is 0 Å². The molecule has 0 saturated heterocycles. The second kappa shape index (κ2) is 13.5. The summed E-state index contributed by atoms with van der Waals surface area (Å²) in [5, 5.41) is 18.2. The van der Waals surface area contributed by atoms with E-state index in [2.05, 4.69) is 25.4 Å². The van der Waals surface area contributed by atoms with E-state index in [0.717, 1.165) is 35.0 Å². The topological polar surface area (TPSA) is 114 Å². The zero-order chi connectivity index (χ0) is 22.7. The molecule has 0 aliphatic heterocycles. The molecule has 0 fully saturated rings. The number of carboxylic acid groups (broad SMARTS) is 2. The third-order valence-electron chi connectivity index (χ3n) is 4.14. The SMILES string of the molecule is C.C=CCC.CCc1nc2ccc(C(=O)O)cc2cc1C.Nc1ccc(C(=O)O)cc1. The molecule has 0 amide bonds. The van der Waals surface area contributed by atoms with E-state index in [4.69, 9.17) is 15.9 Å². The number of benzene rings is 2. The van der Waals surface area contributed by atoms with Gasteiger partial charge in [-0.1, -0.05) is 27.4 Å². The zero-order valence-electron chi connectivity index (χ0n) is 17.6. The molecule has 1 aromatic heterocycles. The highest BCUT2D eigenvalue weighted by atomic mass is 16.4. The van der Waals surface area contributed by atoms with Crippen molar-refractivity contribution in [3.63, 3.8) is 0 Å². The minimum Gasteiger partial charge on any atom is -0.478 e. The van der Waals surface area contributed by atoms with Gasteiger partial charge in [0.25, 0.3) is 0 Å². The molecule has 4 N–H and O–H groups in total. The number of carbonyl (C=O) groups is 2. The maximum Gasteiger partial charge on any atom is 0.335 e. The summed E-state index contributed by atoms with van der Waals surface area (Å²) < 4.78 is 0. The molecule has 6 nitrogen and oxygen atoms in total. The van der Waals surface area contributed by atoms with E-state index in [1.165, 1.54) is 12.1 Å². The third kappa shape index (κ3) is 8.70. The summed E-state index contributed by atoms with van der Waals surface area (Å²) in [6, 6.07) is 13.1. The summed E-state index contributed by atoms with van der Waals surface area (Å²) in [6.07, 6.45) is 3.85. The van der Waals surface area contributed by atoms with Gasteiger partial charge in [0, 0.05) is 16.8 Å². The van der Waals surface area contributed by atoms with Crippen LogP contribution in [-0.2, 0) is 6.42 Å². The molecule has 3 rings (SSSR count). The Hall–Kier alpha value is -3.67. The molecule has 31 heavy (non-hydrogen) atoms. The number of aryl methyl sites for hydroxylation is 2. The van der Waals surface area contributed by atoms with Crippen LogP contribution in [0.3, 0.4) is 0 Å². The Morgan fingerprint density at radius 2 is 1.52 bits per heavy atom. The van der Waals surface area contributed by atoms with E-state index in [0.29, 0.717) is 11.3 Å². The maximum atomic E-state index is 10.8. The van der Waals surface area contributed by atoms with Crippen molar-refractivity contribution in [3.05, 3.63) is 83.6 Å². The van der Waals surface area contributed by atoms with Crippen LogP contribution >= 0.6 is 0 Å². The van der Waals surface area contributed by atoms with Gasteiger partial charge in [0.15, 0.2) is 0 Å². The number of anilines is 1. The number of aromatic nitrogens is 1. The summed E-state index contributed by atoms with van der Waals surface area (Å²) in [5.41, 5.74) is 9.50. The Kier molecular flexibility index (Phi) is 11.9. The lowest BCUT2D eigenvalue weighted by Gasteiger charge is -2.05. The Morgan fingerprint density at radius 3 is 1.97 bits per heavy atom. The zero-order valence-corrected chi connectivity index (χ0v) is 17.6. The van der Waals surface area contributed by atoms with Gasteiger partial charge in [0.1, 0.15) is 0 Å². The number of nitrogens with zero attached hydrogens (tertiary/aromatic N) is 1. The average molecular weight is 425 g/mol. The lowest BCUT2D eigenvalue weighted by Crippen LogP contribution is -1.97. The number of aromatic carboxylic acids is 2. The van der Waals surface area contributed by atoms with Crippen molar-refractivity contribution in [2.75, 3.05) is 5.73 Å². The molecule has 0 aliphatic carbocycles. The Labute approximate surface area is 184 Å². The minimum absolute atomic E-state index is 0.